The van der Waals surface area contributed by atoms with Gasteiger partial charge < -0.3 is 55.5 Å². The van der Waals surface area contributed by atoms with Gasteiger partial charge in [0, 0.05) is 43.9 Å². The van der Waals surface area contributed by atoms with Gasteiger partial charge in [-0.1, -0.05) is 19.9 Å². The molecule has 0 radical (unpaired) electrons. The zero-order valence-corrected chi connectivity index (χ0v) is 27.7. The summed E-state index contributed by atoms with van der Waals surface area (Å²) in [6, 6.07) is 5.36. The number of nitrogens with zero attached hydrogens (tertiary/aromatic N) is 2. The standard InChI is InChI=1S/C32H51N5O9/c1-18(2)25(33)22(29(34)46-30-28(42)27(41)26(40)23(17-38)45-30)16-20-7-8-21(15-19(20)3)44-14-9-24(39)35-32(4,5)31(43)37-12-10-36(6)11-13-37/h7-8,15,18,23,26-28,30,34,38,40-42H,9-14,16-17,33H2,1-6H3,(H,35,39)/b25-22-,34-29?/t23-,26-,27+,28-,30+/m1/s1. The number of carbonyl (C=O) groups is 2. The first-order chi connectivity index (χ1) is 21.5. The Labute approximate surface area is 270 Å². The van der Waals surface area contributed by atoms with Crippen LogP contribution >= 0.6 is 0 Å². The maximum Gasteiger partial charge on any atom is 0.247 e. The Balaban J connectivity index is 1.60. The highest BCUT2D eigenvalue weighted by molar-refractivity contribution is 5.92. The number of benzene rings is 1. The molecule has 0 aromatic heterocycles. The first-order valence-corrected chi connectivity index (χ1v) is 15.6. The Morgan fingerprint density at radius 3 is 2.37 bits per heavy atom. The molecule has 14 nitrogen and oxygen atoms in total. The van der Waals surface area contributed by atoms with E-state index in [1.807, 2.05) is 33.9 Å². The molecule has 46 heavy (non-hydrogen) atoms. The summed E-state index contributed by atoms with van der Waals surface area (Å²) in [5, 5.41) is 51.5. The molecule has 0 spiro atoms. The van der Waals surface area contributed by atoms with Crippen molar-refractivity contribution in [3.63, 3.8) is 0 Å². The van der Waals surface area contributed by atoms with Crippen LogP contribution in [0.25, 0.3) is 0 Å². The third-order valence-electron chi connectivity index (χ3n) is 8.38. The predicted molar refractivity (Wildman–Crippen MR) is 170 cm³/mol. The smallest absolute Gasteiger partial charge is 0.247 e. The van der Waals surface area contributed by atoms with Crippen molar-refractivity contribution in [3.8, 4) is 5.75 Å². The lowest BCUT2D eigenvalue weighted by molar-refractivity contribution is -0.281. The minimum absolute atomic E-state index is 0.0600. The van der Waals surface area contributed by atoms with Crippen LogP contribution in [0.3, 0.4) is 0 Å². The van der Waals surface area contributed by atoms with E-state index in [2.05, 4.69) is 10.2 Å². The van der Waals surface area contributed by atoms with Gasteiger partial charge in [-0.3, -0.25) is 15.0 Å². The summed E-state index contributed by atoms with van der Waals surface area (Å²) in [7, 11) is 2.01. The molecule has 5 atom stereocenters. The van der Waals surface area contributed by atoms with Crippen LogP contribution in [-0.4, -0.2) is 131 Å². The van der Waals surface area contributed by atoms with E-state index in [1.165, 1.54) is 0 Å². The summed E-state index contributed by atoms with van der Waals surface area (Å²) in [5.41, 5.74) is 7.71. The van der Waals surface area contributed by atoms with Crippen molar-refractivity contribution in [2.75, 3.05) is 46.4 Å². The second-order valence-corrected chi connectivity index (χ2v) is 12.9. The maximum atomic E-state index is 13.0. The zero-order chi connectivity index (χ0) is 34.3. The van der Waals surface area contributed by atoms with Crippen molar-refractivity contribution in [2.24, 2.45) is 11.7 Å². The van der Waals surface area contributed by atoms with Crippen LogP contribution in [0, 0.1) is 18.3 Å². The van der Waals surface area contributed by atoms with Crippen molar-refractivity contribution in [3.05, 3.63) is 40.6 Å². The Hall–Kier alpha value is -3.27. The molecule has 2 saturated heterocycles. The molecule has 2 fully saturated rings. The Kier molecular flexibility index (Phi) is 13.0. The van der Waals surface area contributed by atoms with E-state index in [0.717, 1.165) is 24.2 Å². The molecule has 2 aliphatic rings. The number of aliphatic hydroxyl groups excluding tert-OH is 4. The van der Waals surface area contributed by atoms with E-state index >= 15 is 0 Å². The van der Waals surface area contributed by atoms with Crippen LogP contribution < -0.4 is 15.8 Å². The van der Waals surface area contributed by atoms with E-state index in [0.29, 0.717) is 30.1 Å². The SMILES string of the molecule is Cc1cc(OCCC(=O)NC(C)(C)C(=O)N2CCN(C)CC2)ccc1C/C(C(=N)O[C@@H]1O[C@H](CO)[C@@H](O)[C@H](O)[C@H]1O)=C(/N)C(C)C. The highest BCUT2D eigenvalue weighted by Crippen LogP contribution is 2.26. The molecule has 3 rings (SSSR count). The maximum absolute atomic E-state index is 13.0. The Morgan fingerprint density at radius 1 is 1.13 bits per heavy atom. The molecule has 0 unspecified atom stereocenters. The van der Waals surface area contributed by atoms with Crippen molar-refractivity contribution in [1.82, 2.24) is 15.1 Å². The third-order valence-corrected chi connectivity index (χ3v) is 8.38. The first-order valence-electron chi connectivity index (χ1n) is 15.6. The van der Waals surface area contributed by atoms with Crippen LogP contribution in [0.15, 0.2) is 29.5 Å². The lowest BCUT2D eigenvalue weighted by Crippen LogP contribution is -2.59. The van der Waals surface area contributed by atoms with Gasteiger partial charge in [-0.15, -0.1) is 0 Å². The molecule has 2 amide bonds. The van der Waals surface area contributed by atoms with Gasteiger partial charge in [0.2, 0.25) is 24.0 Å². The largest absolute Gasteiger partial charge is 0.493 e. The quantitative estimate of drug-likeness (QED) is 0.115. The fraction of sp³-hybridized carbons (Fsp3) is 0.656. The second-order valence-electron chi connectivity index (χ2n) is 12.9. The van der Waals surface area contributed by atoms with Gasteiger partial charge in [-0.2, -0.15) is 0 Å². The minimum Gasteiger partial charge on any atom is -0.493 e. The second kappa shape index (κ2) is 16.0. The number of hydrogen-bond acceptors (Lipinski definition) is 12. The third kappa shape index (κ3) is 9.39. The fourth-order valence-corrected chi connectivity index (χ4v) is 5.29. The normalized spacial score (nSPS) is 24.8. The number of nitrogens with two attached hydrogens (primary N) is 1. The lowest BCUT2D eigenvalue weighted by atomic mass is 9.95. The Bertz CT molecular complexity index is 1260. The predicted octanol–water partition coefficient (Wildman–Crippen LogP) is -0.362. The number of carbonyl (C=O) groups excluding carboxylic acids is 2. The summed E-state index contributed by atoms with van der Waals surface area (Å²) >= 11 is 0. The molecule has 1 aromatic rings. The van der Waals surface area contributed by atoms with Gasteiger partial charge in [-0.25, -0.2) is 0 Å². The van der Waals surface area contributed by atoms with E-state index in [9.17, 15) is 30.0 Å². The van der Waals surface area contributed by atoms with Gasteiger partial charge in [0.25, 0.3) is 0 Å². The van der Waals surface area contributed by atoms with Gasteiger partial charge in [-0.05, 0) is 57.0 Å². The number of allylic oxidation sites excluding steroid dienone is 1. The molecule has 2 heterocycles. The zero-order valence-electron chi connectivity index (χ0n) is 27.7. The molecule has 0 aliphatic carbocycles. The van der Waals surface area contributed by atoms with Gasteiger partial charge in [0.15, 0.2) is 0 Å². The molecule has 258 valence electrons. The van der Waals surface area contributed by atoms with Crippen molar-refractivity contribution >= 4 is 17.7 Å². The summed E-state index contributed by atoms with van der Waals surface area (Å²) in [4.78, 5) is 29.6. The number of amides is 2. The van der Waals surface area contributed by atoms with Crippen LogP contribution in [0.1, 0.15) is 45.2 Å². The molecule has 0 saturated carbocycles. The molecule has 14 heteroatoms. The Morgan fingerprint density at radius 2 is 1.78 bits per heavy atom. The van der Waals surface area contributed by atoms with Gasteiger partial charge in [0.1, 0.15) is 35.7 Å². The summed E-state index contributed by atoms with van der Waals surface area (Å²) < 4.78 is 16.8. The van der Waals surface area contributed by atoms with E-state index in [1.54, 1.807) is 30.9 Å². The van der Waals surface area contributed by atoms with E-state index < -0.39 is 42.9 Å². The number of likely N-dealkylation sites (N-methyl/N-ethyl adjacent to an activating group) is 1. The molecular weight excluding hydrogens is 598 g/mol. The van der Waals surface area contributed by atoms with Crippen LogP contribution in [0.5, 0.6) is 5.75 Å². The van der Waals surface area contributed by atoms with Crippen molar-refractivity contribution < 1.29 is 44.2 Å². The monoisotopic (exact) mass is 649 g/mol. The average Bonchev–Trinajstić information content (AvgIpc) is 3.00. The molecule has 1 aromatic carbocycles. The van der Waals surface area contributed by atoms with E-state index in [-0.39, 0.29) is 43.1 Å². The van der Waals surface area contributed by atoms with Crippen LogP contribution in [0.4, 0.5) is 0 Å². The lowest BCUT2D eigenvalue weighted by Gasteiger charge is -2.39. The van der Waals surface area contributed by atoms with Crippen molar-refractivity contribution in [2.45, 2.75) is 83.7 Å². The molecular formula is C32H51N5O9. The summed E-state index contributed by atoms with van der Waals surface area (Å²) in [6.07, 6.45) is -7.29. The number of ether oxygens (including phenoxy) is 3. The van der Waals surface area contributed by atoms with Gasteiger partial charge in [0.05, 0.1) is 19.6 Å². The summed E-state index contributed by atoms with van der Waals surface area (Å²) in [5.74, 6) is -0.395. The minimum atomic E-state index is -1.66. The van der Waals surface area contributed by atoms with Crippen LogP contribution in [0.2, 0.25) is 0 Å². The number of hydrogen-bond donors (Lipinski definition) is 7. The van der Waals surface area contributed by atoms with Crippen LogP contribution in [-0.2, 0) is 25.5 Å². The highest BCUT2D eigenvalue weighted by atomic mass is 16.7. The average molecular weight is 650 g/mol. The van der Waals surface area contributed by atoms with Gasteiger partial charge >= 0.3 is 0 Å². The summed E-state index contributed by atoms with van der Waals surface area (Å²) in [6.45, 7) is 11.3. The topological polar surface area (TPSA) is 211 Å². The number of rotatable bonds is 12. The number of aryl methyl sites for hydroxylation is 1. The number of aliphatic hydroxyl groups is 4. The molecule has 2 aliphatic heterocycles. The highest BCUT2D eigenvalue weighted by Gasteiger charge is 2.45. The fourth-order valence-electron chi connectivity index (χ4n) is 5.29. The molecule has 8 N–H and O–H groups in total. The van der Waals surface area contributed by atoms with E-state index in [4.69, 9.17) is 25.4 Å². The number of piperazine rings is 1. The first kappa shape index (κ1) is 37.2. The number of nitrogens with one attached hydrogen (secondary N) is 2. The molecule has 0 bridgehead atoms. The van der Waals surface area contributed by atoms with Crippen molar-refractivity contribution in [1.29, 1.82) is 5.41 Å².